The molecule has 0 fully saturated rings. The Hall–Kier alpha value is -4.63. The van der Waals surface area contributed by atoms with Gasteiger partial charge < -0.3 is 13.9 Å². The zero-order valence-corrected chi connectivity index (χ0v) is 20.5. The largest absolute Gasteiger partial charge is 0.496 e. The molecule has 0 unspecified atom stereocenters. The van der Waals surface area contributed by atoms with Crippen LogP contribution < -0.4 is 9.47 Å². The Kier molecular flexibility index (Phi) is 4.80. The maximum absolute atomic E-state index is 6.46. The monoisotopic (exact) mass is 510 g/mol. The van der Waals surface area contributed by atoms with Crippen LogP contribution in [0.2, 0.25) is 5.02 Å². The zero-order valence-electron chi connectivity index (χ0n) is 19.8. The van der Waals surface area contributed by atoms with Gasteiger partial charge in [-0.25, -0.2) is 19.2 Å². The summed E-state index contributed by atoms with van der Waals surface area (Å²) in [6.07, 6.45) is 3.18. The molecule has 2 aromatic carbocycles. The molecule has 0 saturated carbocycles. The number of rotatable bonds is 4. The maximum atomic E-state index is 6.46. The molecular formula is C27H19ClN6O3. The highest BCUT2D eigenvalue weighted by Crippen LogP contribution is 2.51. The third-order valence-electron chi connectivity index (χ3n) is 6.46. The van der Waals surface area contributed by atoms with Crippen molar-refractivity contribution in [3.8, 4) is 34.8 Å². The first-order chi connectivity index (χ1) is 18.1. The Labute approximate surface area is 215 Å². The fourth-order valence-corrected chi connectivity index (χ4v) is 5.07. The standard InChI is InChI=1S/C27H19ClN6O3/c1-15-21-22(18-9-3-4-10-19(18)35-2)23-25-30-24(20-11-6-12-36-20)32-33(25)14-29-26(23)37-27(21)34(31-15)17-8-5-7-16(28)13-17/h3-14,22H,1-2H3/t22-/m1/s1. The van der Waals surface area contributed by atoms with Gasteiger partial charge in [0.15, 0.2) is 11.4 Å². The quantitative estimate of drug-likeness (QED) is 0.294. The average Bonchev–Trinajstić information content (AvgIpc) is 3.66. The molecule has 1 aliphatic rings. The molecule has 0 aliphatic carbocycles. The lowest BCUT2D eigenvalue weighted by Gasteiger charge is -2.27. The van der Waals surface area contributed by atoms with Gasteiger partial charge in [0.05, 0.1) is 41.8 Å². The van der Waals surface area contributed by atoms with Crippen LogP contribution in [0.4, 0.5) is 0 Å². The molecular weight excluding hydrogens is 492 g/mol. The number of hydrogen-bond donors (Lipinski definition) is 0. The van der Waals surface area contributed by atoms with E-state index in [9.17, 15) is 0 Å². The summed E-state index contributed by atoms with van der Waals surface area (Å²) in [4.78, 5) is 9.46. The van der Waals surface area contributed by atoms with E-state index in [-0.39, 0.29) is 5.92 Å². The lowest BCUT2D eigenvalue weighted by molar-refractivity contribution is 0.393. The summed E-state index contributed by atoms with van der Waals surface area (Å²) in [6, 6.07) is 19.0. The molecule has 1 atom stereocenters. The molecule has 182 valence electrons. The molecule has 0 saturated heterocycles. The molecule has 10 heteroatoms. The lowest BCUT2D eigenvalue weighted by Crippen LogP contribution is -2.16. The number of halogens is 1. The van der Waals surface area contributed by atoms with Crippen LogP contribution in [0, 0.1) is 6.92 Å². The smallest absolute Gasteiger partial charge is 0.230 e. The SMILES string of the molecule is COc1ccccc1[C@@H]1c2c(C)nn(-c3cccc(Cl)c3)c2Oc2ncn3nc(-c4ccco4)nc3c21. The molecule has 9 nitrogen and oxygen atoms in total. The van der Waals surface area contributed by atoms with Crippen molar-refractivity contribution in [3.63, 3.8) is 0 Å². The van der Waals surface area contributed by atoms with E-state index in [4.69, 9.17) is 35.6 Å². The first kappa shape index (κ1) is 21.6. The van der Waals surface area contributed by atoms with Gasteiger partial charge in [-0.2, -0.15) is 5.10 Å². The number of methoxy groups -OCH3 is 1. The van der Waals surface area contributed by atoms with Gasteiger partial charge in [-0.3, -0.25) is 0 Å². The second kappa shape index (κ2) is 8.21. The van der Waals surface area contributed by atoms with Crippen LogP contribution in [0.1, 0.15) is 28.3 Å². The molecule has 1 aliphatic heterocycles. The van der Waals surface area contributed by atoms with Crippen molar-refractivity contribution < 1.29 is 13.9 Å². The Bertz CT molecular complexity index is 1790. The van der Waals surface area contributed by atoms with Gasteiger partial charge in [-0.1, -0.05) is 35.9 Å². The summed E-state index contributed by atoms with van der Waals surface area (Å²) in [6.45, 7) is 1.96. The predicted octanol–water partition coefficient (Wildman–Crippen LogP) is 5.83. The highest BCUT2D eigenvalue weighted by Gasteiger charge is 2.39. The highest BCUT2D eigenvalue weighted by atomic mass is 35.5. The average molecular weight is 511 g/mol. The van der Waals surface area contributed by atoms with Crippen molar-refractivity contribution in [2.45, 2.75) is 12.8 Å². The normalized spacial score (nSPS) is 14.3. The summed E-state index contributed by atoms with van der Waals surface area (Å²) >= 11 is 6.30. The Balaban J connectivity index is 1.53. The fraction of sp³-hybridized carbons (Fsp3) is 0.111. The van der Waals surface area contributed by atoms with E-state index in [0.717, 1.165) is 33.8 Å². The summed E-state index contributed by atoms with van der Waals surface area (Å²) in [5, 5.41) is 10.1. The maximum Gasteiger partial charge on any atom is 0.230 e. The molecule has 0 amide bonds. The second-order valence-corrected chi connectivity index (χ2v) is 9.05. The molecule has 5 heterocycles. The van der Waals surface area contributed by atoms with Crippen molar-refractivity contribution in [3.05, 3.63) is 101 Å². The Morgan fingerprint density at radius 1 is 1.00 bits per heavy atom. The minimum Gasteiger partial charge on any atom is -0.496 e. The third kappa shape index (κ3) is 3.31. The van der Waals surface area contributed by atoms with Gasteiger partial charge in [0.2, 0.25) is 17.6 Å². The highest BCUT2D eigenvalue weighted by molar-refractivity contribution is 6.30. The number of aromatic nitrogens is 6. The van der Waals surface area contributed by atoms with E-state index in [1.54, 1.807) is 35.0 Å². The number of furan rings is 1. The number of hydrogen-bond acceptors (Lipinski definition) is 7. The predicted molar refractivity (Wildman–Crippen MR) is 136 cm³/mol. The number of fused-ring (bicyclic) bond motifs is 4. The van der Waals surface area contributed by atoms with Crippen LogP contribution in [-0.2, 0) is 0 Å². The fourth-order valence-electron chi connectivity index (χ4n) is 4.89. The first-order valence-corrected chi connectivity index (χ1v) is 12.0. The Morgan fingerprint density at radius 2 is 1.89 bits per heavy atom. The van der Waals surface area contributed by atoms with E-state index < -0.39 is 0 Å². The van der Waals surface area contributed by atoms with Gasteiger partial charge in [-0.15, -0.1) is 5.10 Å². The number of nitrogens with zero attached hydrogens (tertiary/aromatic N) is 6. The van der Waals surface area contributed by atoms with Gasteiger partial charge in [0.1, 0.15) is 12.1 Å². The third-order valence-corrected chi connectivity index (χ3v) is 6.70. The molecule has 4 aromatic heterocycles. The van der Waals surface area contributed by atoms with Crippen LogP contribution in [0.3, 0.4) is 0 Å². The van der Waals surface area contributed by atoms with Crippen molar-refractivity contribution in [2.75, 3.05) is 7.11 Å². The number of ether oxygens (including phenoxy) is 2. The minimum atomic E-state index is -0.340. The molecule has 0 radical (unpaired) electrons. The van der Waals surface area contributed by atoms with Crippen molar-refractivity contribution in [1.82, 2.24) is 29.4 Å². The topological polar surface area (TPSA) is 92.5 Å². The minimum absolute atomic E-state index is 0.340. The van der Waals surface area contributed by atoms with Crippen LogP contribution in [0.25, 0.3) is 22.9 Å². The van der Waals surface area contributed by atoms with E-state index in [2.05, 4.69) is 10.1 Å². The van der Waals surface area contributed by atoms with Crippen LogP contribution in [0.5, 0.6) is 17.5 Å². The number of benzene rings is 2. The van der Waals surface area contributed by atoms with Crippen molar-refractivity contribution in [2.24, 2.45) is 0 Å². The van der Waals surface area contributed by atoms with Gasteiger partial charge in [0, 0.05) is 10.6 Å². The van der Waals surface area contributed by atoms with Crippen molar-refractivity contribution >= 4 is 17.2 Å². The zero-order chi connectivity index (χ0) is 25.1. The van der Waals surface area contributed by atoms with Gasteiger partial charge >= 0.3 is 0 Å². The van der Waals surface area contributed by atoms with Gasteiger partial charge in [0.25, 0.3) is 0 Å². The van der Waals surface area contributed by atoms with Crippen LogP contribution >= 0.6 is 11.6 Å². The molecule has 0 spiro atoms. The second-order valence-electron chi connectivity index (χ2n) is 8.62. The Morgan fingerprint density at radius 3 is 2.70 bits per heavy atom. The molecule has 0 bridgehead atoms. The van der Waals surface area contributed by atoms with E-state index in [1.165, 1.54) is 0 Å². The summed E-state index contributed by atoms with van der Waals surface area (Å²) in [5.74, 6) is 2.38. The van der Waals surface area contributed by atoms with E-state index in [1.807, 2.05) is 61.5 Å². The first-order valence-electron chi connectivity index (χ1n) is 11.6. The molecule has 0 N–H and O–H groups in total. The van der Waals surface area contributed by atoms with E-state index >= 15 is 0 Å². The lowest BCUT2D eigenvalue weighted by atomic mass is 9.84. The molecule has 7 rings (SSSR count). The van der Waals surface area contributed by atoms with Crippen LogP contribution in [0.15, 0.2) is 77.7 Å². The molecule has 6 aromatic rings. The number of para-hydroxylation sites is 1. The summed E-state index contributed by atoms with van der Waals surface area (Å²) in [5.41, 5.74) is 4.76. The van der Waals surface area contributed by atoms with Gasteiger partial charge in [-0.05, 0) is 43.3 Å². The van der Waals surface area contributed by atoms with Crippen molar-refractivity contribution in [1.29, 1.82) is 0 Å². The summed E-state index contributed by atoms with van der Waals surface area (Å²) in [7, 11) is 1.66. The summed E-state index contributed by atoms with van der Waals surface area (Å²) < 4.78 is 21.2. The van der Waals surface area contributed by atoms with Crippen LogP contribution in [-0.4, -0.2) is 36.5 Å². The number of aryl methyl sites for hydroxylation is 1. The van der Waals surface area contributed by atoms with E-state index in [0.29, 0.717) is 34.0 Å². The molecule has 37 heavy (non-hydrogen) atoms.